The van der Waals surface area contributed by atoms with Crippen LogP contribution < -0.4 is 4.74 Å². The topological polar surface area (TPSA) is 12.5 Å². The molecule has 0 atom stereocenters. The molecule has 124 valence electrons. The highest BCUT2D eigenvalue weighted by Gasteiger charge is 2.40. The molecule has 0 amide bonds. The van der Waals surface area contributed by atoms with Crippen LogP contribution in [0, 0.1) is 6.92 Å². The highest BCUT2D eigenvalue weighted by atomic mass is 19.4. The quantitative estimate of drug-likeness (QED) is 0.763. The number of fused-ring (bicyclic) bond motifs is 1. The van der Waals surface area contributed by atoms with E-state index in [4.69, 9.17) is 4.74 Å². The first kappa shape index (κ1) is 16.9. The predicted molar refractivity (Wildman–Crippen MR) is 67.8 cm³/mol. The number of ether oxygens (including phenoxy) is 1. The molecule has 0 bridgehead atoms. The summed E-state index contributed by atoms with van der Waals surface area (Å²) in [6, 6.07) is 1.41. The van der Waals surface area contributed by atoms with Crippen molar-refractivity contribution in [2.45, 2.75) is 32.2 Å². The van der Waals surface area contributed by atoms with Gasteiger partial charge in [0.2, 0.25) is 0 Å². The Bertz CT molecular complexity index is 564. The Labute approximate surface area is 123 Å². The van der Waals surface area contributed by atoms with Crippen LogP contribution in [0.3, 0.4) is 0 Å². The van der Waals surface area contributed by atoms with Crippen molar-refractivity contribution < 1.29 is 31.1 Å². The molecule has 0 aliphatic carbocycles. The summed E-state index contributed by atoms with van der Waals surface area (Å²) in [5.41, 5.74) is -0.499. The van der Waals surface area contributed by atoms with Gasteiger partial charge in [0, 0.05) is 18.7 Å². The van der Waals surface area contributed by atoms with Crippen LogP contribution in [0.5, 0.6) is 5.75 Å². The Morgan fingerprint density at radius 2 is 1.82 bits per heavy atom. The van der Waals surface area contributed by atoms with Gasteiger partial charge in [-0.05, 0) is 30.5 Å². The fourth-order valence-corrected chi connectivity index (χ4v) is 2.86. The van der Waals surface area contributed by atoms with E-state index in [0.717, 1.165) is 4.90 Å². The second-order valence-electron chi connectivity index (χ2n) is 5.29. The van der Waals surface area contributed by atoms with Crippen molar-refractivity contribution in [1.82, 2.24) is 4.90 Å². The Morgan fingerprint density at radius 3 is 2.32 bits per heavy atom. The molecule has 0 saturated heterocycles. The number of nitrogens with zero attached hydrogens (tertiary/aromatic N) is 1. The molecule has 0 unspecified atom stereocenters. The zero-order valence-electron chi connectivity index (χ0n) is 12.0. The summed E-state index contributed by atoms with van der Waals surface area (Å²) in [6.45, 7) is -0.0517. The average molecular weight is 327 g/mol. The summed E-state index contributed by atoms with van der Waals surface area (Å²) in [5, 5.41) is 0. The second-order valence-corrected chi connectivity index (χ2v) is 5.29. The minimum atomic E-state index is -4.56. The standard InChI is InChI=1S/C14H15F6NO/c1-8-11(22-2)5-9-6-21(7-13(15,16)17)4-3-10(9)12(8)14(18,19)20/h5H,3-4,6-7H2,1-2H3. The van der Waals surface area contributed by atoms with Crippen molar-refractivity contribution in [2.75, 3.05) is 20.2 Å². The molecule has 0 fully saturated rings. The molecule has 0 N–H and O–H groups in total. The van der Waals surface area contributed by atoms with Crippen LogP contribution in [0.25, 0.3) is 0 Å². The predicted octanol–water partition coefficient (Wildman–Crippen LogP) is 3.94. The third-order valence-corrected chi connectivity index (χ3v) is 3.72. The van der Waals surface area contributed by atoms with Crippen LogP contribution in [-0.4, -0.2) is 31.3 Å². The maximum Gasteiger partial charge on any atom is 0.417 e. The van der Waals surface area contributed by atoms with Gasteiger partial charge in [-0.1, -0.05) is 0 Å². The minimum Gasteiger partial charge on any atom is -0.496 e. The zero-order chi connectivity index (χ0) is 16.7. The Hall–Kier alpha value is -1.44. The highest BCUT2D eigenvalue weighted by molar-refractivity contribution is 5.51. The highest BCUT2D eigenvalue weighted by Crippen LogP contribution is 2.41. The Balaban J connectivity index is 2.44. The number of alkyl halides is 6. The van der Waals surface area contributed by atoms with Crippen LogP contribution in [0.1, 0.15) is 22.3 Å². The van der Waals surface area contributed by atoms with Crippen LogP contribution in [0.15, 0.2) is 6.07 Å². The second kappa shape index (κ2) is 5.64. The molecule has 1 aliphatic rings. The van der Waals surface area contributed by atoms with E-state index in [9.17, 15) is 26.3 Å². The van der Waals surface area contributed by atoms with Crippen molar-refractivity contribution in [1.29, 1.82) is 0 Å². The molecule has 1 aromatic carbocycles. The van der Waals surface area contributed by atoms with Gasteiger partial charge in [-0.2, -0.15) is 26.3 Å². The molecule has 1 heterocycles. The van der Waals surface area contributed by atoms with Crippen LogP contribution >= 0.6 is 0 Å². The van der Waals surface area contributed by atoms with E-state index >= 15 is 0 Å². The average Bonchev–Trinajstić information content (AvgIpc) is 2.34. The van der Waals surface area contributed by atoms with E-state index in [-0.39, 0.29) is 42.0 Å². The monoisotopic (exact) mass is 327 g/mol. The first-order valence-electron chi connectivity index (χ1n) is 6.58. The van der Waals surface area contributed by atoms with E-state index in [0.29, 0.717) is 0 Å². The Kier molecular flexibility index (Phi) is 4.34. The van der Waals surface area contributed by atoms with E-state index in [2.05, 4.69) is 0 Å². The van der Waals surface area contributed by atoms with Crippen molar-refractivity contribution in [3.8, 4) is 5.75 Å². The first-order valence-corrected chi connectivity index (χ1v) is 6.58. The molecule has 2 rings (SSSR count). The lowest BCUT2D eigenvalue weighted by atomic mass is 9.90. The van der Waals surface area contributed by atoms with Gasteiger partial charge in [-0.25, -0.2) is 0 Å². The number of methoxy groups -OCH3 is 1. The molecular formula is C14H15F6NO. The van der Waals surface area contributed by atoms with E-state index in [1.165, 1.54) is 20.1 Å². The number of hydrogen-bond acceptors (Lipinski definition) is 2. The van der Waals surface area contributed by atoms with Crippen LogP contribution in [0.4, 0.5) is 26.3 Å². The number of halogens is 6. The summed E-state index contributed by atoms with van der Waals surface area (Å²) >= 11 is 0. The van der Waals surface area contributed by atoms with Gasteiger partial charge in [-0.15, -0.1) is 0 Å². The van der Waals surface area contributed by atoms with Gasteiger partial charge in [0.1, 0.15) is 5.75 Å². The number of hydrogen-bond donors (Lipinski definition) is 0. The van der Waals surface area contributed by atoms with Crippen LogP contribution in [-0.2, 0) is 19.1 Å². The molecule has 0 radical (unpaired) electrons. The summed E-state index contributed by atoms with van der Waals surface area (Å²) < 4.78 is 82.1. The minimum absolute atomic E-state index is 0.0296. The van der Waals surface area contributed by atoms with Gasteiger partial charge in [0.25, 0.3) is 0 Å². The smallest absolute Gasteiger partial charge is 0.417 e. The summed E-state index contributed by atoms with van der Waals surface area (Å²) in [4.78, 5) is 1.09. The molecule has 0 aromatic heterocycles. The molecule has 22 heavy (non-hydrogen) atoms. The van der Waals surface area contributed by atoms with Crippen molar-refractivity contribution in [2.24, 2.45) is 0 Å². The first-order chi connectivity index (χ1) is 10.0. The lowest BCUT2D eigenvalue weighted by Gasteiger charge is -2.32. The molecule has 2 nitrogen and oxygen atoms in total. The summed E-state index contributed by atoms with van der Waals surface area (Å²) in [6.07, 6.45) is -9.00. The molecular weight excluding hydrogens is 312 g/mol. The van der Waals surface area contributed by atoms with Gasteiger partial charge in [0.05, 0.1) is 19.2 Å². The summed E-state index contributed by atoms with van der Waals surface area (Å²) in [5.74, 6) is 0.0416. The van der Waals surface area contributed by atoms with Gasteiger partial charge in [0.15, 0.2) is 0 Å². The van der Waals surface area contributed by atoms with Gasteiger partial charge >= 0.3 is 12.4 Å². The maximum absolute atomic E-state index is 13.3. The van der Waals surface area contributed by atoms with Crippen LogP contribution in [0.2, 0.25) is 0 Å². The largest absolute Gasteiger partial charge is 0.496 e. The Morgan fingerprint density at radius 1 is 1.18 bits per heavy atom. The van der Waals surface area contributed by atoms with Crippen molar-refractivity contribution in [3.05, 3.63) is 28.3 Å². The molecule has 0 saturated carbocycles. The fourth-order valence-electron chi connectivity index (χ4n) is 2.86. The molecule has 0 spiro atoms. The maximum atomic E-state index is 13.3. The molecule has 1 aliphatic heterocycles. The van der Waals surface area contributed by atoms with E-state index < -0.39 is 24.5 Å². The van der Waals surface area contributed by atoms with Gasteiger partial charge < -0.3 is 4.74 Å². The third-order valence-electron chi connectivity index (χ3n) is 3.72. The van der Waals surface area contributed by atoms with Gasteiger partial charge in [-0.3, -0.25) is 4.90 Å². The third kappa shape index (κ3) is 3.48. The molecule has 1 aromatic rings. The van der Waals surface area contributed by atoms with E-state index in [1.807, 2.05) is 0 Å². The fraction of sp³-hybridized carbons (Fsp3) is 0.571. The normalized spacial score (nSPS) is 16.5. The zero-order valence-corrected chi connectivity index (χ0v) is 12.0. The number of rotatable bonds is 2. The number of benzene rings is 1. The van der Waals surface area contributed by atoms with Crippen molar-refractivity contribution >= 4 is 0 Å². The molecule has 8 heteroatoms. The van der Waals surface area contributed by atoms with E-state index in [1.54, 1.807) is 0 Å². The SMILES string of the molecule is COc1cc2c(c(C(F)(F)F)c1C)CCN(CC(F)(F)F)C2. The van der Waals surface area contributed by atoms with Crippen molar-refractivity contribution in [3.63, 3.8) is 0 Å². The summed E-state index contributed by atoms with van der Waals surface area (Å²) in [7, 11) is 1.24. The lowest BCUT2D eigenvalue weighted by Crippen LogP contribution is -2.38. The lowest BCUT2D eigenvalue weighted by molar-refractivity contribution is -0.149.